The van der Waals surface area contributed by atoms with Crippen molar-refractivity contribution in [3.05, 3.63) is 12.3 Å². The molecule has 0 heterocycles. The maximum absolute atomic E-state index is 5.17. The lowest BCUT2D eigenvalue weighted by atomic mass is 10.1. The molecule has 0 amide bonds. The van der Waals surface area contributed by atoms with Gasteiger partial charge in [-0.3, -0.25) is 0 Å². The lowest BCUT2D eigenvalue weighted by Crippen LogP contribution is -2.22. The average Bonchev–Trinajstić information content (AvgIpc) is 2.21. The molecule has 0 rings (SSSR count). The molecule has 0 N–H and O–H groups in total. The summed E-state index contributed by atoms with van der Waals surface area (Å²) in [5, 5.41) is 0. The van der Waals surface area contributed by atoms with Gasteiger partial charge in [-0.25, -0.2) is 0 Å². The molecular formula is C11H23NO2. The fraction of sp³-hybridized carbons (Fsp3) is 0.818. The van der Waals surface area contributed by atoms with Crippen LogP contribution in [-0.4, -0.2) is 38.5 Å². The normalized spacial score (nSPS) is 13.9. The Kier molecular flexibility index (Phi) is 7.52. The van der Waals surface area contributed by atoms with Crippen LogP contribution in [0.3, 0.4) is 0 Å². The van der Waals surface area contributed by atoms with Crippen LogP contribution in [0.15, 0.2) is 12.3 Å². The lowest BCUT2D eigenvalue weighted by molar-refractivity contribution is -0.122. The Morgan fingerprint density at radius 1 is 1.14 bits per heavy atom. The highest BCUT2D eigenvalue weighted by Crippen LogP contribution is 2.09. The van der Waals surface area contributed by atoms with E-state index >= 15 is 0 Å². The monoisotopic (exact) mass is 201 g/mol. The molecule has 0 aromatic rings. The van der Waals surface area contributed by atoms with E-state index in [1.165, 1.54) is 0 Å². The molecule has 84 valence electrons. The molecule has 0 fully saturated rings. The molecule has 0 bridgehead atoms. The van der Waals surface area contributed by atoms with E-state index in [9.17, 15) is 0 Å². The smallest absolute Gasteiger partial charge is 0.162 e. The highest BCUT2D eigenvalue weighted by atomic mass is 16.7. The first-order valence-electron chi connectivity index (χ1n) is 5.17. The van der Waals surface area contributed by atoms with Crippen molar-refractivity contribution in [2.75, 3.05) is 27.3 Å². The van der Waals surface area contributed by atoms with Crippen LogP contribution in [0.4, 0.5) is 0 Å². The van der Waals surface area contributed by atoms with Crippen LogP contribution in [-0.2, 0) is 9.47 Å². The van der Waals surface area contributed by atoms with Crippen LogP contribution in [0.5, 0.6) is 0 Å². The van der Waals surface area contributed by atoms with Gasteiger partial charge in [0.15, 0.2) is 6.29 Å². The summed E-state index contributed by atoms with van der Waals surface area (Å²) in [5.41, 5.74) is 0. The van der Waals surface area contributed by atoms with E-state index in [2.05, 4.69) is 37.9 Å². The molecule has 0 radical (unpaired) electrons. The third-order valence-electron chi connectivity index (χ3n) is 2.31. The predicted octanol–water partition coefficient (Wildman–Crippen LogP) is 2.10. The van der Waals surface area contributed by atoms with Gasteiger partial charge in [-0.1, -0.05) is 13.0 Å². The van der Waals surface area contributed by atoms with E-state index in [0.29, 0.717) is 0 Å². The molecule has 0 unspecified atom stereocenters. The molecule has 1 atom stereocenters. The minimum absolute atomic E-state index is 0.151. The van der Waals surface area contributed by atoms with Gasteiger partial charge in [-0.05, 0) is 20.0 Å². The highest BCUT2D eigenvalue weighted by Gasteiger charge is 2.12. The van der Waals surface area contributed by atoms with Crippen LogP contribution in [0.1, 0.15) is 20.8 Å². The molecule has 0 aromatic carbocycles. The van der Waals surface area contributed by atoms with Crippen LogP contribution >= 0.6 is 0 Å². The molecule has 3 heteroatoms. The summed E-state index contributed by atoms with van der Waals surface area (Å²) in [7, 11) is 3.33. The van der Waals surface area contributed by atoms with E-state index < -0.39 is 0 Å². The SMILES string of the molecule is CCN(/C=C/[C@@H](C)C(OC)OC)CC. The third-order valence-corrected chi connectivity index (χ3v) is 2.31. The van der Waals surface area contributed by atoms with Gasteiger partial charge in [0.25, 0.3) is 0 Å². The molecule has 0 aromatic heterocycles. The molecule has 3 nitrogen and oxygen atoms in total. The van der Waals surface area contributed by atoms with Crippen LogP contribution in [0.25, 0.3) is 0 Å². The van der Waals surface area contributed by atoms with Crippen molar-refractivity contribution < 1.29 is 9.47 Å². The summed E-state index contributed by atoms with van der Waals surface area (Å²) in [4.78, 5) is 2.24. The Hall–Kier alpha value is -0.540. The number of methoxy groups -OCH3 is 2. The highest BCUT2D eigenvalue weighted by molar-refractivity contribution is 4.87. The topological polar surface area (TPSA) is 21.7 Å². The van der Waals surface area contributed by atoms with Gasteiger partial charge >= 0.3 is 0 Å². The van der Waals surface area contributed by atoms with E-state index in [0.717, 1.165) is 13.1 Å². The van der Waals surface area contributed by atoms with Crippen molar-refractivity contribution in [2.45, 2.75) is 27.1 Å². The summed E-state index contributed by atoms with van der Waals surface area (Å²) >= 11 is 0. The van der Waals surface area contributed by atoms with Crippen LogP contribution in [0.2, 0.25) is 0 Å². The second kappa shape index (κ2) is 7.83. The third kappa shape index (κ3) is 4.63. The number of rotatable bonds is 7. The minimum Gasteiger partial charge on any atom is -0.378 e. The largest absolute Gasteiger partial charge is 0.378 e. The lowest BCUT2D eigenvalue weighted by Gasteiger charge is -2.20. The van der Waals surface area contributed by atoms with E-state index in [4.69, 9.17) is 9.47 Å². The van der Waals surface area contributed by atoms with Gasteiger partial charge in [0, 0.05) is 33.2 Å². The van der Waals surface area contributed by atoms with Crippen molar-refractivity contribution >= 4 is 0 Å². The zero-order valence-electron chi connectivity index (χ0n) is 9.99. The Morgan fingerprint density at radius 2 is 1.64 bits per heavy atom. The molecule has 0 aliphatic rings. The van der Waals surface area contributed by atoms with Gasteiger partial charge < -0.3 is 14.4 Å². The van der Waals surface area contributed by atoms with Gasteiger partial charge in [-0.15, -0.1) is 0 Å². The van der Waals surface area contributed by atoms with Crippen molar-refractivity contribution in [1.29, 1.82) is 0 Å². The molecule has 0 spiro atoms. The summed E-state index contributed by atoms with van der Waals surface area (Å²) in [6.45, 7) is 8.43. The van der Waals surface area contributed by atoms with Crippen molar-refractivity contribution in [2.24, 2.45) is 5.92 Å². The van der Waals surface area contributed by atoms with Crippen molar-refractivity contribution in [3.63, 3.8) is 0 Å². The van der Waals surface area contributed by atoms with Crippen molar-refractivity contribution in [1.82, 2.24) is 4.90 Å². The number of hydrogen-bond acceptors (Lipinski definition) is 3. The fourth-order valence-corrected chi connectivity index (χ4v) is 1.31. The molecule has 14 heavy (non-hydrogen) atoms. The first kappa shape index (κ1) is 13.5. The molecular weight excluding hydrogens is 178 g/mol. The standard InChI is InChI=1S/C11H23NO2/c1-6-12(7-2)9-8-10(3)11(13-4)14-5/h8-11H,6-7H2,1-5H3/b9-8+/t10-/m1/s1. The van der Waals surface area contributed by atoms with Gasteiger partial charge in [0.05, 0.1) is 0 Å². The number of ether oxygens (including phenoxy) is 2. The maximum Gasteiger partial charge on any atom is 0.162 e. The molecule has 0 saturated heterocycles. The number of nitrogens with zero attached hydrogens (tertiary/aromatic N) is 1. The average molecular weight is 201 g/mol. The van der Waals surface area contributed by atoms with Crippen LogP contribution < -0.4 is 0 Å². The zero-order chi connectivity index (χ0) is 11.0. The maximum atomic E-state index is 5.17. The quantitative estimate of drug-likeness (QED) is 0.589. The summed E-state index contributed by atoms with van der Waals surface area (Å²) < 4.78 is 10.3. The Morgan fingerprint density at radius 3 is 2.00 bits per heavy atom. The molecule has 0 saturated carbocycles. The fourth-order valence-electron chi connectivity index (χ4n) is 1.31. The summed E-state index contributed by atoms with van der Waals surface area (Å²) in [6.07, 6.45) is 4.07. The number of hydrogen-bond donors (Lipinski definition) is 0. The second-order valence-electron chi connectivity index (χ2n) is 3.26. The first-order valence-corrected chi connectivity index (χ1v) is 5.17. The van der Waals surface area contributed by atoms with E-state index in [1.54, 1.807) is 14.2 Å². The Labute approximate surface area is 87.7 Å². The summed E-state index contributed by atoms with van der Waals surface area (Å²) in [5.74, 6) is 0.269. The zero-order valence-corrected chi connectivity index (χ0v) is 9.99. The minimum atomic E-state index is -0.151. The van der Waals surface area contributed by atoms with E-state index in [-0.39, 0.29) is 12.2 Å². The first-order chi connectivity index (χ1) is 6.69. The predicted molar refractivity (Wildman–Crippen MR) is 59.0 cm³/mol. The van der Waals surface area contributed by atoms with Gasteiger partial charge in [-0.2, -0.15) is 0 Å². The molecule has 0 aliphatic heterocycles. The van der Waals surface area contributed by atoms with Gasteiger partial charge in [0.2, 0.25) is 0 Å². The van der Waals surface area contributed by atoms with Gasteiger partial charge in [0.1, 0.15) is 0 Å². The van der Waals surface area contributed by atoms with Crippen molar-refractivity contribution in [3.8, 4) is 0 Å². The van der Waals surface area contributed by atoms with Crippen LogP contribution in [0, 0.1) is 5.92 Å². The molecule has 0 aliphatic carbocycles. The van der Waals surface area contributed by atoms with E-state index in [1.807, 2.05) is 0 Å². The Balaban J connectivity index is 4.06. The summed E-state index contributed by atoms with van der Waals surface area (Å²) in [6, 6.07) is 0. The Bertz CT molecular complexity index is 151. The second-order valence-corrected chi connectivity index (χ2v) is 3.26.